The first-order valence-corrected chi connectivity index (χ1v) is 6.16. The Hall–Kier alpha value is -2.47. The molecule has 2 aromatic rings. The first-order chi connectivity index (χ1) is 10.1. The second kappa shape index (κ2) is 6.81. The van der Waals surface area contributed by atoms with Crippen LogP contribution in [-0.4, -0.2) is 17.6 Å². The third-order valence-electron chi connectivity index (χ3n) is 2.63. The van der Waals surface area contributed by atoms with Gasteiger partial charge in [-0.25, -0.2) is 8.78 Å². The van der Waals surface area contributed by atoms with Gasteiger partial charge in [-0.1, -0.05) is 12.1 Å². The summed E-state index contributed by atoms with van der Waals surface area (Å²) >= 11 is 0. The summed E-state index contributed by atoms with van der Waals surface area (Å²) < 4.78 is 31.6. The minimum Gasteiger partial charge on any atom is -0.484 e. The number of hydrogen-bond acceptors (Lipinski definition) is 3. The standard InChI is InChI=1S/C15H13F2NO3/c16-11-5-10(8-19)6-12(7-11)21-9-15(20)18-14-4-2-1-3-13(14)17/h1-7,19H,8-9H2,(H,18,20). The summed E-state index contributed by atoms with van der Waals surface area (Å²) in [7, 11) is 0. The number of rotatable bonds is 5. The Kier molecular flexibility index (Phi) is 4.84. The van der Waals surface area contributed by atoms with Crippen LogP contribution in [0, 0.1) is 11.6 Å². The van der Waals surface area contributed by atoms with E-state index in [-0.39, 0.29) is 18.0 Å². The lowest BCUT2D eigenvalue weighted by molar-refractivity contribution is -0.118. The fraction of sp³-hybridized carbons (Fsp3) is 0.133. The maximum absolute atomic E-state index is 13.3. The van der Waals surface area contributed by atoms with Crippen molar-refractivity contribution in [2.24, 2.45) is 0 Å². The van der Waals surface area contributed by atoms with Crippen LogP contribution in [0.25, 0.3) is 0 Å². The van der Waals surface area contributed by atoms with Crippen LogP contribution in [0.5, 0.6) is 5.75 Å². The minimum atomic E-state index is -0.578. The van der Waals surface area contributed by atoms with Crippen molar-refractivity contribution in [1.82, 2.24) is 0 Å². The molecule has 4 nitrogen and oxygen atoms in total. The molecular weight excluding hydrogens is 280 g/mol. The summed E-state index contributed by atoms with van der Waals surface area (Å²) in [5.41, 5.74) is 0.376. The minimum absolute atomic E-state index is 0.0430. The normalized spacial score (nSPS) is 10.2. The van der Waals surface area contributed by atoms with Gasteiger partial charge in [-0.15, -0.1) is 0 Å². The highest BCUT2D eigenvalue weighted by Gasteiger charge is 2.08. The number of carbonyl (C=O) groups excluding carboxylic acids is 1. The molecule has 0 saturated carbocycles. The van der Waals surface area contributed by atoms with Crippen LogP contribution in [0.1, 0.15) is 5.56 Å². The second-order valence-electron chi connectivity index (χ2n) is 4.27. The molecule has 0 unspecified atom stereocenters. The topological polar surface area (TPSA) is 58.6 Å². The predicted octanol–water partition coefficient (Wildman–Crippen LogP) is 2.47. The van der Waals surface area contributed by atoms with Gasteiger partial charge in [0.25, 0.3) is 5.91 Å². The largest absolute Gasteiger partial charge is 0.484 e. The molecular formula is C15H13F2NO3. The molecule has 0 saturated heterocycles. The Morgan fingerprint density at radius 1 is 1.19 bits per heavy atom. The summed E-state index contributed by atoms with van der Waals surface area (Å²) in [6.45, 7) is -0.738. The highest BCUT2D eigenvalue weighted by molar-refractivity contribution is 5.91. The van der Waals surface area contributed by atoms with Crippen molar-refractivity contribution < 1.29 is 23.4 Å². The zero-order valence-electron chi connectivity index (χ0n) is 11.0. The molecule has 21 heavy (non-hydrogen) atoms. The molecule has 2 aromatic carbocycles. The monoisotopic (exact) mass is 293 g/mol. The van der Waals surface area contributed by atoms with E-state index in [1.165, 1.54) is 24.3 Å². The molecule has 0 aromatic heterocycles. The van der Waals surface area contributed by atoms with Gasteiger partial charge in [0.2, 0.25) is 0 Å². The van der Waals surface area contributed by atoms with E-state index in [9.17, 15) is 13.6 Å². The van der Waals surface area contributed by atoms with Crippen LogP contribution < -0.4 is 10.1 Å². The van der Waals surface area contributed by atoms with E-state index in [0.717, 1.165) is 12.1 Å². The number of ether oxygens (including phenoxy) is 1. The maximum atomic E-state index is 13.3. The van der Waals surface area contributed by atoms with Crippen molar-refractivity contribution in [2.75, 3.05) is 11.9 Å². The van der Waals surface area contributed by atoms with Crippen molar-refractivity contribution in [3.05, 3.63) is 59.7 Å². The summed E-state index contributed by atoms with van der Waals surface area (Å²) in [5, 5.41) is 11.3. The fourth-order valence-electron chi connectivity index (χ4n) is 1.69. The van der Waals surface area contributed by atoms with Gasteiger partial charge >= 0.3 is 0 Å². The molecule has 2 N–H and O–H groups in total. The Morgan fingerprint density at radius 2 is 1.95 bits per heavy atom. The van der Waals surface area contributed by atoms with E-state index in [4.69, 9.17) is 9.84 Å². The first-order valence-electron chi connectivity index (χ1n) is 6.16. The van der Waals surface area contributed by atoms with E-state index in [2.05, 4.69) is 5.32 Å². The molecule has 0 aliphatic heterocycles. The Labute approximate surface area is 120 Å². The van der Waals surface area contributed by atoms with E-state index < -0.39 is 24.1 Å². The Morgan fingerprint density at radius 3 is 2.67 bits per heavy atom. The third-order valence-corrected chi connectivity index (χ3v) is 2.63. The zero-order chi connectivity index (χ0) is 15.2. The number of carbonyl (C=O) groups is 1. The third kappa shape index (κ3) is 4.25. The first kappa shape index (κ1) is 14.9. The number of benzene rings is 2. The predicted molar refractivity (Wildman–Crippen MR) is 72.8 cm³/mol. The number of para-hydroxylation sites is 1. The molecule has 1 amide bonds. The molecule has 2 rings (SSSR count). The number of nitrogens with one attached hydrogen (secondary N) is 1. The quantitative estimate of drug-likeness (QED) is 0.890. The van der Waals surface area contributed by atoms with E-state index in [1.54, 1.807) is 6.07 Å². The van der Waals surface area contributed by atoms with Gasteiger partial charge in [-0.3, -0.25) is 4.79 Å². The smallest absolute Gasteiger partial charge is 0.262 e. The lowest BCUT2D eigenvalue weighted by Crippen LogP contribution is -2.20. The van der Waals surface area contributed by atoms with Gasteiger partial charge in [0.1, 0.15) is 17.4 Å². The summed E-state index contributed by atoms with van der Waals surface area (Å²) in [4.78, 5) is 11.6. The molecule has 110 valence electrons. The second-order valence-corrected chi connectivity index (χ2v) is 4.27. The van der Waals surface area contributed by atoms with Crippen molar-refractivity contribution in [3.63, 3.8) is 0 Å². The molecule has 6 heteroatoms. The van der Waals surface area contributed by atoms with Gasteiger partial charge < -0.3 is 15.2 Å². The molecule has 0 spiro atoms. The fourth-order valence-corrected chi connectivity index (χ4v) is 1.69. The van der Waals surface area contributed by atoms with Crippen LogP contribution in [0.15, 0.2) is 42.5 Å². The van der Waals surface area contributed by atoms with E-state index in [0.29, 0.717) is 5.56 Å². The Balaban J connectivity index is 1.95. The molecule has 0 atom stereocenters. The zero-order valence-corrected chi connectivity index (χ0v) is 11.0. The van der Waals surface area contributed by atoms with Crippen LogP contribution >= 0.6 is 0 Å². The molecule has 0 heterocycles. The van der Waals surface area contributed by atoms with Crippen molar-refractivity contribution >= 4 is 11.6 Å². The van der Waals surface area contributed by atoms with Gasteiger partial charge in [0.05, 0.1) is 12.3 Å². The lowest BCUT2D eigenvalue weighted by Gasteiger charge is -2.09. The van der Waals surface area contributed by atoms with Crippen LogP contribution in [0.4, 0.5) is 14.5 Å². The SMILES string of the molecule is O=C(COc1cc(F)cc(CO)c1)Nc1ccccc1F. The number of hydrogen-bond donors (Lipinski definition) is 2. The summed E-state index contributed by atoms with van der Waals surface area (Å²) in [6.07, 6.45) is 0. The van der Waals surface area contributed by atoms with Gasteiger partial charge in [-0.05, 0) is 29.8 Å². The van der Waals surface area contributed by atoms with Gasteiger partial charge in [0, 0.05) is 6.07 Å². The van der Waals surface area contributed by atoms with E-state index in [1.807, 2.05) is 0 Å². The number of amides is 1. The molecule has 0 radical (unpaired) electrons. The highest BCUT2D eigenvalue weighted by Crippen LogP contribution is 2.17. The lowest BCUT2D eigenvalue weighted by atomic mass is 10.2. The number of halogens is 2. The Bertz CT molecular complexity index is 647. The summed E-state index contributed by atoms with van der Waals surface area (Å²) in [6, 6.07) is 9.39. The molecule has 0 fully saturated rings. The number of aliphatic hydroxyl groups excluding tert-OH is 1. The summed E-state index contributed by atoms with van der Waals surface area (Å²) in [5.74, 6) is -1.59. The average molecular weight is 293 g/mol. The van der Waals surface area contributed by atoms with Gasteiger partial charge in [-0.2, -0.15) is 0 Å². The highest BCUT2D eigenvalue weighted by atomic mass is 19.1. The molecule has 0 bridgehead atoms. The number of anilines is 1. The molecule has 0 aliphatic carbocycles. The number of aliphatic hydroxyl groups is 1. The van der Waals surface area contributed by atoms with Gasteiger partial charge in [0.15, 0.2) is 6.61 Å². The van der Waals surface area contributed by atoms with E-state index >= 15 is 0 Å². The van der Waals surface area contributed by atoms with Crippen molar-refractivity contribution in [3.8, 4) is 5.75 Å². The van der Waals surface area contributed by atoms with Crippen LogP contribution in [0.3, 0.4) is 0 Å². The molecule has 0 aliphatic rings. The van der Waals surface area contributed by atoms with Crippen LogP contribution in [-0.2, 0) is 11.4 Å². The van der Waals surface area contributed by atoms with Crippen molar-refractivity contribution in [2.45, 2.75) is 6.61 Å². The van der Waals surface area contributed by atoms with Crippen molar-refractivity contribution in [1.29, 1.82) is 0 Å². The average Bonchev–Trinajstić information content (AvgIpc) is 2.47. The maximum Gasteiger partial charge on any atom is 0.262 e. The van der Waals surface area contributed by atoms with Crippen LogP contribution in [0.2, 0.25) is 0 Å².